The standard InChI is InChI=1S/C19H23N3O5/c1-6-27-19(25)17-10(2)16(11(3)20-17)18(24)22-14-9-13(21-12(4)23)7-8-15(14)26-5/h7-9,20H,6H2,1-5H3,(H,21,23)(H,22,24). The smallest absolute Gasteiger partial charge is 0.355 e. The number of hydrogen-bond donors (Lipinski definition) is 3. The van der Waals surface area contributed by atoms with Gasteiger partial charge in [0.25, 0.3) is 5.91 Å². The molecule has 1 aromatic heterocycles. The highest BCUT2D eigenvalue weighted by Crippen LogP contribution is 2.29. The first-order chi connectivity index (χ1) is 12.8. The van der Waals surface area contributed by atoms with Crippen LogP contribution in [0.2, 0.25) is 0 Å². The van der Waals surface area contributed by atoms with Crippen LogP contribution in [0.4, 0.5) is 11.4 Å². The lowest BCUT2D eigenvalue weighted by Crippen LogP contribution is -2.15. The molecule has 144 valence electrons. The van der Waals surface area contributed by atoms with E-state index in [1.165, 1.54) is 14.0 Å². The number of carbonyl (C=O) groups is 3. The molecule has 2 aromatic rings. The number of carbonyl (C=O) groups excluding carboxylic acids is 3. The SMILES string of the molecule is CCOC(=O)c1[nH]c(C)c(C(=O)Nc2cc(NC(C)=O)ccc2OC)c1C. The quantitative estimate of drug-likeness (QED) is 0.674. The molecular formula is C19H23N3O5. The van der Waals surface area contributed by atoms with Gasteiger partial charge >= 0.3 is 5.97 Å². The molecule has 3 N–H and O–H groups in total. The number of aromatic amines is 1. The lowest BCUT2D eigenvalue weighted by Gasteiger charge is -2.13. The molecule has 0 saturated heterocycles. The van der Waals surface area contributed by atoms with Crippen molar-refractivity contribution in [3.63, 3.8) is 0 Å². The highest BCUT2D eigenvalue weighted by molar-refractivity contribution is 6.09. The largest absolute Gasteiger partial charge is 0.495 e. The van der Waals surface area contributed by atoms with Crippen LogP contribution in [0.3, 0.4) is 0 Å². The summed E-state index contributed by atoms with van der Waals surface area (Å²) in [7, 11) is 1.48. The Bertz CT molecular complexity index is 886. The van der Waals surface area contributed by atoms with E-state index in [4.69, 9.17) is 9.47 Å². The second kappa shape index (κ2) is 8.39. The van der Waals surface area contributed by atoms with Gasteiger partial charge in [0.15, 0.2) is 0 Å². The molecule has 0 aliphatic carbocycles. The number of esters is 1. The Balaban J connectivity index is 2.35. The molecule has 0 fully saturated rings. The highest BCUT2D eigenvalue weighted by atomic mass is 16.5. The van der Waals surface area contributed by atoms with E-state index in [1.54, 1.807) is 39.0 Å². The number of rotatable bonds is 6. The topological polar surface area (TPSA) is 110 Å². The molecule has 8 heteroatoms. The monoisotopic (exact) mass is 373 g/mol. The van der Waals surface area contributed by atoms with Crippen molar-refractivity contribution < 1.29 is 23.9 Å². The van der Waals surface area contributed by atoms with Crippen molar-refractivity contribution in [2.24, 2.45) is 0 Å². The van der Waals surface area contributed by atoms with Gasteiger partial charge in [-0.25, -0.2) is 4.79 Å². The van der Waals surface area contributed by atoms with Crippen LogP contribution in [0, 0.1) is 13.8 Å². The third-order valence-electron chi connectivity index (χ3n) is 3.91. The van der Waals surface area contributed by atoms with Crippen LogP contribution in [0.25, 0.3) is 0 Å². The van der Waals surface area contributed by atoms with E-state index in [9.17, 15) is 14.4 Å². The van der Waals surface area contributed by atoms with Crippen LogP contribution in [-0.2, 0) is 9.53 Å². The minimum atomic E-state index is -0.512. The van der Waals surface area contributed by atoms with Gasteiger partial charge in [0.2, 0.25) is 5.91 Å². The molecule has 0 radical (unpaired) electrons. The maximum Gasteiger partial charge on any atom is 0.355 e. The molecule has 0 saturated carbocycles. The van der Waals surface area contributed by atoms with Crippen LogP contribution in [0.1, 0.15) is 46.0 Å². The first kappa shape index (κ1) is 20.0. The lowest BCUT2D eigenvalue weighted by atomic mass is 10.1. The van der Waals surface area contributed by atoms with Crippen molar-refractivity contribution in [2.45, 2.75) is 27.7 Å². The van der Waals surface area contributed by atoms with E-state index in [0.29, 0.717) is 33.9 Å². The predicted octanol–water partition coefficient (Wildman–Crippen LogP) is 3.03. The first-order valence-corrected chi connectivity index (χ1v) is 8.41. The van der Waals surface area contributed by atoms with Crippen molar-refractivity contribution in [1.29, 1.82) is 0 Å². The number of amides is 2. The van der Waals surface area contributed by atoms with Gasteiger partial charge in [0.05, 0.1) is 25.0 Å². The lowest BCUT2D eigenvalue weighted by molar-refractivity contribution is -0.114. The Morgan fingerprint density at radius 3 is 2.44 bits per heavy atom. The molecule has 0 aliphatic rings. The van der Waals surface area contributed by atoms with Crippen molar-refractivity contribution >= 4 is 29.2 Å². The van der Waals surface area contributed by atoms with E-state index < -0.39 is 11.9 Å². The number of anilines is 2. The Labute approximate surface area is 157 Å². The number of H-pyrrole nitrogens is 1. The summed E-state index contributed by atoms with van der Waals surface area (Å²) in [6, 6.07) is 4.91. The fourth-order valence-corrected chi connectivity index (χ4v) is 2.77. The minimum Gasteiger partial charge on any atom is -0.495 e. The van der Waals surface area contributed by atoms with Crippen molar-refractivity contribution in [2.75, 3.05) is 24.4 Å². The van der Waals surface area contributed by atoms with Gasteiger partial charge in [-0.1, -0.05) is 0 Å². The van der Waals surface area contributed by atoms with Gasteiger partial charge in [0, 0.05) is 18.3 Å². The number of aryl methyl sites for hydroxylation is 1. The zero-order valence-electron chi connectivity index (χ0n) is 16.0. The van der Waals surface area contributed by atoms with Crippen molar-refractivity contribution in [3.05, 3.63) is 40.7 Å². The molecule has 1 aromatic carbocycles. The molecule has 0 atom stereocenters. The molecular weight excluding hydrogens is 350 g/mol. The summed E-state index contributed by atoms with van der Waals surface area (Å²) in [5.41, 5.74) is 2.56. The molecule has 2 rings (SSSR count). The number of methoxy groups -OCH3 is 1. The summed E-state index contributed by atoms with van der Waals surface area (Å²) in [5, 5.41) is 5.42. The molecule has 0 spiro atoms. The molecule has 0 aliphatic heterocycles. The fraction of sp³-hybridized carbons (Fsp3) is 0.316. The Hall–Kier alpha value is -3.29. The molecule has 0 bridgehead atoms. The van der Waals surface area contributed by atoms with E-state index in [1.807, 2.05) is 0 Å². The maximum absolute atomic E-state index is 12.8. The average molecular weight is 373 g/mol. The minimum absolute atomic E-state index is 0.228. The number of nitrogens with one attached hydrogen (secondary N) is 3. The summed E-state index contributed by atoms with van der Waals surface area (Å²) in [6.07, 6.45) is 0. The van der Waals surface area contributed by atoms with E-state index in [0.717, 1.165) is 0 Å². The van der Waals surface area contributed by atoms with Crippen LogP contribution in [0.5, 0.6) is 5.75 Å². The van der Waals surface area contributed by atoms with Gasteiger partial charge in [-0.15, -0.1) is 0 Å². The average Bonchev–Trinajstić information content (AvgIpc) is 2.89. The highest BCUT2D eigenvalue weighted by Gasteiger charge is 2.23. The summed E-state index contributed by atoms with van der Waals surface area (Å²) in [5.74, 6) is -0.708. The van der Waals surface area contributed by atoms with Crippen LogP contribution in [0.15, 0.2) is 18.2 Å². The van der Waals surface area contributed by atoms with E-state index in [-0.39, 0.29) is 18.2 Å². The second-order valence-corrected chi connectivity index (χ2v) is 5.90. The van der Waals surface area contributed by atoms with Crippen LogP contribution >= 0.6 is 0 Å². The Kier molecular flexibility index (Phi) is 6.23. The van der Waals surface area contributed by atoms with E-state index >= 15 is 0 Å². The molecule has 1 heterocycles. The molecule has 8 nitrogen and oxygen atoms in total. The third-order valence-corrected chi connectivity index (χ3v) is 3.91. The van der Waals surface area contributed by atoms with Gasteiger partial charge < -0.3 is 25.1 Å². The zero-order valence-corrected chi connectivity index (χ0v) is 16.0. The van der Waals surface area contributed by atoms with Gasteiger partial charge in [-0.05, 0) is 44.5 Å². The van der Waals surface area contributed by atoms with Crippen LogP contribution in [-0.4, -0.2) is 36.5 Å². The van der Waals surface area contributed by atoms with Gasteiger partial charge in [0.1, 0.15) is 11.4 Å². The van der Waals surface area contributed by atoms with Gasteiger partial charge in [-0.2, -0.15) is 0 Å². The summed E-state index contributed by atoms with van der Waals surface area (Å²) >= 11 is 0. The van der Waals surface area contributed by atoms with E-state index in [2.05, 4.69) is 15.6 Å². The summed E-state index contributed by atoms with van der Waals surface area (Å²) in [4.78, 5) is 39.0. The third kappa shape index (κ3) is 4.46. The number of ether oxygens (including phenoxy) is 2. The zero-order chi connectivity index (χ0) is 20.1. The van der Waals surface area contributed by atoms with Crippen molar-refractivity contribution in [3.8, 4) is 5.75 Å². The molecule has 27 heavy (non-hydrogen) atoms. The number of hydrogen-bond acceptors (Lipinski definition) is 5. The first-order valence-electron chi connectivity index (χ1n) is 8.41. The number of benzene rings is 1. The van der Waals surface area contributed by atoms with Crippen molar-refractivity contribution in [1.82, 2.24) is 4.98 Å². The van der Waals surface area contributed by atoms with Gasteiger partial charge in [-0.3, -0.25) is 9.59 Å². The van der Waals surface area contributed by atoms with Crippen LogP contribution < -0.4 is 15.4 Å². The predicted molar refractivity (Wildman–Crippen MR) is 101 cm³/mol. The Morgan fingerprint density at radius 1 is 1.15 bits per heavy atom. The Morgan fingerprint density at radius 2 is 1.85 bits per heavy atom. The summed E-state index contributed by atoms with van der Waals surface area (Å²) < 4.78 is 10.3. The molecule has 0 unspecified atom stereocenters. The fourth-order valence-electron chi connectivity index (χ4n) is 2.77. The maximum atomic E-state index is 12.8. The normalized spacial score (nSPS) is 10.3. The summed E-state index contributed by atoms with van der Waals surface area (Å²) in [6.45, 7) is 6.73. The number of aromatic nitrogens is 1. The second-order valence-electron chi connectivity index (χ2n) is 5.90. The molecule has 2 amide bonds.